The van der Waals surface area contributed by atoms with E-state index in [1.54, 1.807) is 0 Å². The summed E-state index contributed by atoms with van der Waals surface area (Å²) in [6.45, 7) is 1.61. The van der Waals surface area contributed by atoms with Gasteiger partial charge in [0, 0.05) is 6.42 Å². The maximum Gasteiger partial charge on any atom is 0.308 e. The fourth-order valence-corrected chi connectivity index (χ4v) is 2.65. The Balaban J connectivity index is 3.26. The summed E-state index contributed by atoms with van der Waals surface area (Å²) in [7, 11) is 0. The van der Waals surface area contributed by atoms with E-state index in [0.29, 0.717) is 0 Å². The second-order valence-electron chi connectivity index (χ2n) is 6.62. The maximum atomic E-state index is 11.4. The van der Waals surface area contributed by atoms with Crippen molar-refractivity contribution in [2.75, 3.05) is 6.61 Å². The molecule has 0 aromatic carbocycles. The number of rotatable bonds is 17. The van der Waals surface area contributed by atoms with Gasteiger partial charge in [0.15, 0.2) is 0 Å². The van der Waals surface area contributed by atoms with E-state index in [1.807, 2.05) is 0 Å². The maximum absolute atomic E-state index is 11.4. The second kappa shape index (κ2) is 17.2. The highest BCUT2D eigenvalue weighted by Gasteiger charge is 2.19. The summed E-state index contributed by atoms with van der Waals surface area (Å²) in [6, 6.07) is 0. The Kier molecular flexibility index (Phi) is 16.7. The first-order valence-electron chi connectivity index (χ1n) is 9.78. The fourth-order valence-electron chi connectivity index (χ4n) is 2.65. The molecular weight excluding hydrogens is 308 g/mol. The number of esters is 1. The van der Waals surface area contributed by atoms with Gasteiger partial charge in [0.1, 0.15) is 6.10 Å². The zero-order valence-electron chi connectivity index (χ0n) is 15.4. The van der Waals surface area contributed by atoms with Crippen molar-refractivity contribution in [3.05, 3.63) is 0 Å². The highest BCUT2D eigenvalue weighted by molar-refractivity contribution is 5.69. The summed E-state index contributed by atoms with van der Waals surface area (Å²) in [5.41, 5.74) is 0. The van der Waals surface area contributed by atoms with Crippen molar-refractivity contribution < 1.29 is 24.9 Å². The van der Waals surface area contributed by atoms with Crippen LogP contribution < -0.4 is 0 Å². The molecule has 24 heavy (non-hydrogen) atoms. The molecule has 0 saturated heterocycles. The molecule has 0 rings (SSSR count). The van der Waals surface area contributed by atoms with Crippen molar-refractivity contribution in [3.8, 4) is 0 Å². The molecular formula is C19H38O5. The lowest BCUT2D eigenvalue weighted by Gasteiger charge is -2.15. The number of unbranched alkanes of at least 4 members (excludes halogenated alkanes) is 12. The van der Waals surface area contributed by atoms with Gasteiger partial charge in [-0.25, -0.2) is 0 Å². The Morgan fingerprint density at radius 3 is 1.62 bits per heavy atom. The monoisotopic (exact) mass is 346 g/mol. The Hall–Kier alpha value is -0.650. The van der Waals surface area contributed by atoms with Gasteiger partial charge in [-0.05, 0) is 6.42 Å². The van der Waals surface area contributed by atoms with Crippen LogP contribution in [0.15, 0.2) is 0 Å². The summed E-state index contributed by atoms with van der Waals surface area (Å²) in [4.78, 5) is 11.4. The number of carbonyl (C=O) groups is 1. The molecule has 0 aromatic rings. The van der Waals surface area contributed by atoms with E-state index in [4.69, 9.17) is 10.2 Å². The van der Waals surface area contributed by atoms with Gasteiger partial charge in [-0.3, -0.25) is 4.79 Å². The lowest BCUT2D eigenvalue weighted by Crippen LogP contribution is -2.33. The molecule has 5 nitrogen and oxygen atoms in total. The van der Waals surface area contributed by atoms with Crippen LogP contribution in [0.25, 0.3) is 0 Å². The summed E-state index contributed by atoms with van der Waals surface area (Å²) in [5, 5.41) is 26.9. The Bertz CT molecular complexity index is 283. The molecule has 144 valence electrons. The molecule has 0 radical (unpaired) electrons. The molecule has 5 heteroatoms. The van der Waals surface area contributed by atoms with Gasteiger partial charge >= 0.3 is 5.97 Å². The lowest BCUT2D eigenvalue weighted by atomic mass is 10.0. The van der Waals surface area contributed by atoms with Crippen LogP contribution in [0.2, 0.25) is 0 Å². The van der Waals surface area contributed by atoms with Gasteiger partial charge < -0.3 is 20.1 Å². The molecule has 0 bridgehead atoms. The first-order chi connectivity index (χ1) is 11.6. The van der Waals surface area contributed by atoms with Crippen molar-refractivity contribution >= 4 is 5.97 Å². The highest BCUT2D eigenvalue weighted by Crippen LogP contribution is 2.13. The van der Waals surface area contributed by atoms with Crippen LogP contribution >= 0.6 is 0 Å². The van der Waals surface area contributed by atoms with Crippen molar-refractivity contribution in [2.45, 2.75) is 109 Å². The second-order valence-corrected chi connectivity index (χ2v) is 6.62. The smallest absolute Gasteiger partial charge is 0.308 e. The number of hydrogen-bond donors (Lipinski definition) is 3. The molecule has 0 amide bonds. The predicted octanol–water partition coefficient (Wildman–Crippen LogP) is 3.68. The van der Waals surface area contributed by atoms with Crippen LogP contribution in [0.4, 0.5) is 0 Å². The molecule has 0 saturated carbocycles. The van der Waals surface area contributed by atoms with Crippen LogP contribution in [0.5, 0.6) is 0 Å². The molecule has 0 aromatic heterocycles. The molecule has 3 N–H and O–H groups in total. The summed E-state index contributed by atoms with van der Waals surface area (Å²) >= 11 is 0. The third-order valence-electron chi connectivity index (χ3n) is 4.25. The number of aliphatic hydroxyl groups is 3. The van der Waals surface area contributed by atoms with Gasteiger partial charge in [0.2, 0.25) is 6.29 Å². The number of carbonyl (C=O) groups excluding carboxylic acids is 1. The molecule has 0 aliphatic carbocycles. The number of hydrogen-bond acceptors (Lipinski definition) is 5. The molecule has 0 aliphatic heterocycles. The third-order valence-corrected chi connectivity index (χ3v) is 4.25. The zero-order chi connectivity index (χ0) is 18.0. The molecule has 0 fully saturated rings. The van der Waals surface area contributed by atoms with Crippen LogP contribution in [-0.2, 0) is 9.53 Å². The van der Waals surface area contributed by atoms with Crippen LogP contribution in [0.1, 0.15) is 96.8 Å². The average molecular weight is 347 g/mol. The minimum absolute atomic E-state index is 0.243. The highest BCUT2D eigenvalue weighted by atomic mass is 16.6. The minimum Gasteiger partial charge on any atom is -0.433 e. The third kappa shape index (κ3) is 14.9. The number of aliphatic hydroxyl groups excluding tert-OH is 3. The standard InChI is InChI=1S/C19H38O5/c1-2-3-4-5-6-7-8-9-10-11-12-13-14-15-18(22)24-19(23)17(21)16-20/h17,19-21,23H,2-16H2,1H3. The van der Waals surface area contributed by atoms with Gasteiger partial charge in [-0.2, -0.15) is 0 Å². The lowest BCUT2D eigenvalue weighted by molar-refractivity contribution is -0.190. The normalized spacial score (nSPS) is 13.7. The van der Waals surface area contributed by atoms with Crippen molar-refractivity contribution in [1.29, 1.82) is 0 Å². The topological polar surface area (TPSA) is 87.0 Å². The fraction of sp³-hybridized carbons (Fsp3) is 0.947. The van der Waals surface area contributed by atoms with E-state index < -0.39 is 25.0 Å². The molecule has 0 aliphatic rings. The van der Waals surface area contributed by atoms with Crippen molar-refractivity contribution in [3.63, 3.8) is 0 Å². The van der Waals surface area contributed by atoms with Crippen molar-refractivity contribution in [1.82, 2.24) is 0 Å². The SMILES string of the molecule is CCCCCCCCCCCCCCCC(=O)OC(O)C(O)CO. The minimum atomic E-state index is -1.63. The zero-order valence-corrected chi connectivity index (χ0v) is 15.4. The molecule has 0 spiro atoms. The van der Waals surface area contributed by atoms with E-state index in [1.165, 1.54) is 64.2 Å². The Labute approximate surface area is 147 Å². The van der Waals surface area contributed by atoms with E-state index in [9.17, 15) is 9.90 Å². The summed E-state index contributed by atoms with van der Waals surface area (Å²) in [5.74, 6) is -0.530. The van der Waals surface area contributed by atoms with Crippen molar-refractivity contribution in [2.24, 2.45) is 0 Å². The Morgan fingerprint density at radius 1 is 0.792 bits per heavy atom. The molecule has 0 heterocycles. The first kappa shape index (κ1) is 23.4. The van der Waals surface area contributed by atoms with Crippen LogP contribution in [0, 0.1) is 0 Å². The summed E-state index contributed by atoms with van der Waals surface area (Å²) in [6.07, 6.45) is 13.3. The average Bonchev–Trinajstić information content (AvgIpc) is 2.58. The van der Waals surface area contributed by atoms with E-state index in [-0.39, 0.29) is 6.42 Å². The first-order valence-corrected chi connectivity index (χ1v) is 9.78. The van der Waals surface area contributed by atoms with E-state index >= 15 is 0 Å². The number of ether oxygens (including phenoxy) is 1. The van der Waals surface area contributed by atoms with Gasteiger partial charge in [0.25, 0.3) is 0 Å². The largest absolute Gasteiger partial charge is 0.433 e. The van der Waals surface area contributed by atoms with Gasteiger partial charge in [-0.15, -0.1) is 0 Å². The Morgan fingerprint density at radius 2 is 1.21 bits per heavy atom. The van der Waals surface area contributed by atoms with Gasteiger partial charge in [0.05, 0.1) is 6.61 Å². The van der Waals surface area contributed by atoms with Crippen LogP contribution in [0.3, 0.4) is 0 Å². The van der Waals surface area contributed by atoms with E-state index in [2.05, 4.69) is 11.7 Å². The predicted molar refractivity (Wildman–Crippen MR) is 95.5 cm³/mol. The van der Waals surface area contributed by atoms with E-state index in [0.717, 1.165) is 19.3 Å². The molecule has 2 unspecified atom stereocenters. The molecule has 2 atom stereocenters. The van der Waals surface area contributed by atoms with Gasteiger partial charge in [-0.1, -0.05) is 84.0 Å². The quantitative estimate of drug-likeness (QED) is 0.212. The summed E-state index contributed by atoms with van der Waals surface area (Å²) < 4.78 is 4.62. The van der Waals surface area contributed by atoms with Crippen LogP contribution in [-0.4, -0.2) is 40.3 Å².